The number of para-hydroxylation sites is 1. The smallest absolute Gasteiger partial charge is 0.232 e. The molecule has 0 bridgehead atoms. The molecule has 1 aliphatic rings. The lowest BCUT2D eigenvalue weighted by Crippen LogP contribution is -2.47. The number of halogens is 1. The minimum absolute atomic E-state index is 0.0206. The highest BCUT2D eigenvalue weighted by Gasteiger charge is 2.20. The number of benzene rings is 1. The molecular formula is C17H21FN4O2S. The molecule has 1 aromatic carbocycles. The van der Waals surface area contributed by atoms with E-state index < -0.39 is 10.0 Å². The van der Waals surface area contributed by atoms with Crippen molar-refractivity contribution in [2.75, 3.05) is 46.5 Å². The van der Waals surface area contributed by atoms with Crippen molar-refractivity contribution >= 4 is 27.2 Å². The quantitative estimate of drug-likeness (QED) is 0.882. The molecule has 8 heteroatoms. The molecule has 2 aromatic rings. The van der Waals surface area contributed by atoms with E-state index >= 15 is 0 Å². The summed E-state index contributed by atoms with van der Waals surface area (Å²) in [4.78, 5) is 8.47. The van der Waals surface area contributed by atoms with Crippen LogP contribution in [0, 0.1) is 5.82 Å². The van der Waals surface area contributed by atoms with Crippen molar-refractivity contribution in [1.82, 2.24) is 4.98 Å². The van der Waals surface area contributed by atoms with Crippen LogP contribution in [0.15, 0.2) is 42.6 Å². The van der Waals surface area contributed by atoms with Crippen LogP contribution in [0.4, 0.5) is 21.6 Å². The van der Waals surface area contributed by atoms with E-state index in [0.29, 0.717) is 24.5 Å². The monoisotopic (exact) mass is 364 g/mol. The predicted molar refractivity (Wildman–Crippen MR) is 98.1 cm³/mol. The van der Waals surface area contributed by atoms with Crippen LogP contribution >= 0.6 is 0 Å². The third kappa shape index (κ3) is 4.19. The van der Waals surface area contributed by atoms with Gasteiger partial charge in [-0.2, -0.15) is 0 Å². The lowest BCUT2D eigenvalue weighted by atomic mass is 10.2. The molecule has 1 aromatic heterocycles. The van der Waals surface area contributed by atoms with Crippen LogP contribution in [-0.2, 0) is 10.0 Å². The fourth-order valence-electron chi connectivity index (χ4n) is 2.77. The van der Waals surface area contributed by atoms with Crippen molar-refractivity contribution in [3.05, 3.63) is 48.4 Å². The number of nitrogens with one attached hydrogen (secondary N) is 1. The summed E-state index contributed by atoms with van der Waals surface area (Å²) in [5, 5.41) is 0. The second-order valence-corrected chi connectivity index (χ2v) is 7.85. The maximum absolute atomic E-state index is 13.9. The molecule has 0 atom stereocenters. The van der Waals surface area contributed by atoms with Gasteiger partial charge < -0.3 is 9.80 Å². The molecule has 1 N–H and O–H groups in total. The fraction of sp³-hybridized carbons (Fsp3) is 0.353. The Hall–Kier alpha value is -2.35. The number of anilines is 3. The molecule has 0 aliphatic carbocycles. The Labute approximate surface area is 147 Å². The molecule has 0 spiro atoms. The van der Waals surface area contributed by atoms with Crippen LogP contribution in [0.25, 0.3) is 0 Å². The Morgan fingerprint density at radius 3 is 2.36 bits per heavy atom. The third-order valence-electron chi connectivity index (χ3n) is 4.20. The molecule has 1 fully saturated rings. The summed E-state index contributed by atoms with van der Waals surface area (Å²) < 4.78 is 39.5. The molecule has 6 nitrogen and oxygen atoms in total. The van der Waals surface area contributed by atoms with Crippen molar-refractivity contribution in [3.8, 4) is 0 Å². The summed E-state index contributed by atoms with van der Waals surface area (Å²) in [6, 6.07) is 10.3. The summed E-state index contributed by atoms with van der Waals surface area (Å²) in [7, 11) is -3.30. The Bertz CT molecular complexity index is 819. The summed E-state index contributed by atoms with van der Waals surface area (Å²) in [5.41, 5.74) is 1.08. The Morgan fingerprint density at radius 1 is 1.08 bits per heavy atom. The van der Waals surface area contributed by atoms with Gasteiger partial charge in [0.25, 0.3) is 0 Å². The lowest BCUT2D eigenvalue weighted by Gasteiger charge is -2.36. The average molecular weight is 364 g/mol. The number of hydrogen-bond acceptors (Lipinski definition) is 5. The zero-order valence-electron chi connectivity index (χ0n) is 14.0. The van der Waals surface area contributed by atoms with Gasteiger partial charge in [-0.15, -0.1) is 0 Å². The van der Waals surface area contributed by atoms with Gasteiger partial charge in [0.05, 0.1) is 23.3 Å². The standard InChI is InChI=1S/C17H21FN4O2S/c1-2-25(23,24)20-14-7-8-17(19-13-14)22-11-9-21(10-12-22)16-6-4-3-5-15(16)18/h3-8,13,20H,2,9-12H2,1H3. The van der Waals surface area contributed by atoms with Gasteiger partial charge in [-0.05, 0) is 31.2 Å². The van der Waals surface area contributed by atoms with Crippen LogP contribution in [0.3, 0.4) is 0 Å². The minimum atomic E-state index is -3.30. The number of rotatable bonds is 5. The normalized spacial score (nSPS) is 15.3. The molecule has 25 heavy (non-hydrogen) atoms. The number of sulfonamides is 1. The molecule has 0 unspecified atom stereocenters. The largest absolute Gasteiger partial charge is 0.366 e. The summed E-state index contributed by atoms with van der Waals surface area (Å²) >= 11 is 0. The first-order valence-corrected chi connectivity index (χ1v) is 9.85. The van der Waals surface area contributed by atoms with Crippen molar-refractivity contribution in [3.63, 3.8) is 0 Å². The van der Waals surface area contributed by atoms with Gasteiger partial charge in [0.2, 0.25) is 10.0 Å². The van der Waals surface area contributed by atoms with Crippen LogP contribution in [0.2, 0.25) is 0 Å². The molecule has 0 saturated carbocycles. The molecule has 0 radical (unpaired) electrons. The Morgan fingerprint density at radius 2 is 1.76 bits per heavy atom. The van der Waals surface area contributed by atoms with E-state index in [1.807, 2.05) is 11.0 Å². The molecule has 3 rings (SSSR count). The Kier molecular flexibility index (Phi) is 5.08. The van der Waals surface area contributed by atoms with E-state index in [9.17, 15) is 12.8 Å². The average Bonchev–Trinajstić information content (AvgIpc) is 2.63. The van der Waals surface area contributed by atoms with Gasteiger partial charge in [-0.3, -0.25) is 4.72 Å². The van der Waals surface area contributed by atoms with Crippen LogP contribution < -0.4 is 14.5 Å². The van der Waals surface area contributed by atoms with Crippen molar-refractivity contribution in [2.24, 2.45) is 0 Å². The predicted octanol–water partition coefficient (Wildman–Crippen LogP) is 2.31. The first kappa shape index (κ1) is 17.5. The van der Waals surface area contributed by atoms with E-state index in [1.54, 1.807) is 31.2 Å². The summed E-state index contributed by atoms with van der Waals surface area (Å²) in [6.07, 6.45) is 1.52. The number of nitrogens with zero attached hydrogens (tertiary/aromatic N) is 3. The highest BCUT2D eigenvalue weighted by Crippen LogP contribution is 2.22. The van der Waals surface area contributed by atoms with Gasteiger partial charge in [0, 0.05) is 26.2 Å². The van der Waals surface area contributed by atoms with Gasteiger partial charge in [0.1, 0.15) is 11.6 Å². The van der Waals surface area contributed by atoms with E-state index in [4.69, 9.17) is 0 Å². The number of piperazine rings is 1. The van der Waals surface area contributed by atoms with Crippen LogP contribution in [-0.4, -0.2) is 45.3 Å². The fourth-order valence-corrected chi connectivity index (χ4v) is 3.39. The first-order valence-electron chi connectivity index (χ1n) is 8.19. The molecular weight excluding hydrogens is 343 g/mol. The zero-order chi connectivity index (χ0) is 17.9. The van der Waals surface area contributed by atoms with Crippen LogP contribution in [0.1, 0.15) is 6.92 Å². The first-order chi connectivity index (χ1) is 12.0. The minimum Gasteiger partial charge on any atom is -0.366 e. The number of aromatic nitrogens is 1. The van der Waals surface area contributed by atoms with Crippen molar-refractivity contribution in [2.45, 2.75) is 6.92 Å². The van der Waals surface area contributed by atoms with E-state index in [1.165, 1.54) is 12.3 Å². The zero-order valence-corrected chi connectivity index (χ0v) is 14.8. The summed E-state index contributed by atoms with van der Waals surface area (Å²) in [5.74, 6) is 0.599. The second kappa shape index (κ2) is 7.26. The highest BCUT2D eigenvalue weighted by molar-refractivity contribution is 7.92. The SMILES string of the molecule is CCS(=O)(=O)Nc1ccc(N2CCN(c3ccccc3F)CC2)nc1. The highest BCUT2D eigenvalue weighted by atomic mass is 32.2. The van der Waals surface area contributed by atoms with E-state index in [2.05, 4.69) is 14.6 Å². The second-order valence-electron chi connectivity index (χ2n) is 5.84. The molecule has 134 valence electrons. The van der Waals surface area contributed by atoms with Crippen molar-refractivity contribution in [1.29, 1.82) is 0 Å². The van der Waals surface area contributed by atoms with E-state index in [0.717, 1.165) is 18.9 Å². The van der Waals surface area contributed by atoms with Crippen molar-refractivity contribution < 1.29 is 12.8 Å². The number of hydrogen-bond donors (Lipinski definition) is 1. The maximum Gasteiger partial charge on any atom is 0.232 e. The van der Waals surface area contributed by atoms with Gasteiger partial charge in [-0.25, -0.2) is 17.8 Å². The lowest BCUT2D eigenvalue weighted by molar-refractivity contribution is 0.596. The topological polar surface area (TPSA) is 65.5 Å². The Balaban J connectivity index is 1.62. The van der Waals surface area contributed by atoms with Gasteiger partial charge in [-0.1, -0.05) is 12.1 Å². The molecule has 1 saturated heterocycles. The molecule has 2 heterocycles. The molecule has 0 amide bonds. The number of pyridine rings is 1. The summed E-state index contributed by atoms with van der Waals surface area (Å²) in [6.45, 7) is 4.43. The third-order valence-corrected chi connectivity index (χ3v) is 5.50. The molecule has 1 aliphatic heterocycles. The van der Waals surface area contributed by atoms with Gasteiger partial charge >= 0.3 is 0 Å². The maximum atomic E-state index is 13.9. The van der Waals surface area contributed by atoms with E-state index in [-0.39, 0.29) is 11.6 Å². The van der Waals surface area contributed by atoms with Crippen LogP contribution in [0.5, 0.6) is 0 Å². The van der Waals surface area contributed by atoms with Gasteiger partial charge in [0.15, 0.2) is 0 Å².